The number of aromatic nitrogens is 5. The molecule has 0 bridgehead atoms. The highest BCUT2D eigenvalue weighted by molar-refractivity contribution is 5.85. The number of hydrogen-bond donors (Lipinski definition) is 1. The summed E-state index contributed by atoms with van der Waals surface area (Å²) in [5.74, 6) is 6.81. The molecule has 174 valence electrons. The van der Waals surface area contributed by atoms with Crippen molar-refractivity contribution in [2.24, 2.45) is 5.73 Å². The second-order valence-electron chi connectivity index (χ2n) is 8.95. The number of nitrogens with zero attached hydrogens (tertiary/aromatic N) is 6. The average Bonchev–Trinajstić information content (AvgIpc) is 3.21. The van der Waals surface area contributed by atoms with Crippen LogP contribution in [0.2, 0.25) is 0 Å². The molecule has 2 N–H and O–H groups in total. The lowest BCUT2D eigenvalue weighted by Gasteiger charge is -2.31. The molecule has 5 rings (SSSR count). The van der Waals surface area contributed by atoms with Gasteiger partial charge in [-0.05, 0) is 45.1 Å². The molecule has 1 atom stereocenters. The Morgan fingerprint density at radius 3 is 2.82 bits per heavy atom. The molecule has 4 heterocycles. The van der Waals surface area contributed by atoms with Gasteiger partial charge in [-0.2, -0.15) is 5.10 Å². The van der Waals surface area contributed by atoms with Crippen molar-refractivity contribution in [3.8, 4) is 11.8 Å². The van der Waals surface area contributed by atoms with Gasteiger partial charge in [0.05, 0.1) is 24.5 Å². The summed E-state index contributed by atoms with van der Waals surface area (Å²) in [6, 6.07) is 10.2. The van der Waals surface area contributed by atoms with Crippen molar-refractivity contribution in [2.45, 2.75) is 52.7 Å². The van der Waals surface area contributed by atoms with E-state index < -0.39 is 0 Å². The zero-order valence-corrected chi connectivity index (χ0v) is 19.9. The minimum atomic E-state index is -0.189. The molecule has 1 aliphatic rings. The van der Waals surface area contributed by atoms with E-state index in [9.17, 15) is 4.79 Å². The minimum absolute atomic E-state index is 0.0934. The van der Waals surface area contributed by atoms with Crippen LogP contribution in [0.4, 0.5) is 5.95 Å². The highest BCUT2D eigenvalue weighted by atomic mass is 16.1. The SMILES string of the molecule is CC#CCn1c(N2CCC[C@@H](N)C2)nc2c(C)nn(Cc3nc(C)cc4ccccc34)c(=O)c21. The van der Waals surface area contributed by atoms with E-state index in [0.29, 0.717) is 29.8 Å². The topological polar surface area (TPSA) is 94.9 Å². The summed E-state index contributed by atoms with van der Waals surface area (Å²) in [5.41, 5.74) is 9.64. The zero-order chi connectivity index (χ0) is 23.8. The number of aryl methyl sites for hydroxylation is 2. The van der Waals surface area contributed by atoms with E-state index in [2.05, 4.69) is 34.0 Å². The molecule has 1 saturated heterocycles. The lowest BCUT2D eigenvalue weighted by molar-refractivity contribution is 0.496. The Morgan fingerprint density at radius 2 is 2.03 bits per heavy atom. The van der Waals surface area contributed by atoms with E-state index in [-0.39, 0.29) is 18.1 Å². The van der Waals surface area contributed by atoms with Gasteiger partial charge in [-0.25, -0.2) is 9.67 Å². The average molecular weight is 456 g/mol. The number of nitrogens with two attached hydrogens (primary N) is 1. The van der Waals surface area contributed by atoms with E-state index in [0.717, 1.165) is 47.5 Å². The van der Waals surface area contributed by atoms with Crippen LogP contribution in [-0.2, 0) is 13.1 Å². The predicted octanol–water partition coefficient (Wildman–Crippen LogP) is 2.76. The molecule has 0 radical (unpaired) electrons. The third-order valence-corrected chi connectivity index (χ3v) is 6.40. The van der Waals surface area contributed by atoms with Crippen LogP contribution in [0.15, 0.2) is 35.1 Å². The highest BCUT2D eigenvalue weighted by Crippen LogP contribution is 2.25. The molecule has 8 nitrogen and oxygen atoms in total. The molecule has 1 aliphatic heterocycles. The van der Waals surface area contributed by atoms with Crippen molar-refractivity contribution >= 4 is 27.8 Å². The number of fused-ring (bicyclic) bond motifs is 2. The van der Waals surface area contributed by atoms with Crippen LogP contribution in [0.3, 0.4) is 0 Å². The molecule has 4 aromatic rings. The third kappa shape index (κ3) is 3.93. The van der Waals surface area contributed by atoms with Crippen molar-refractivity contribution in [3.63, 3.8) is 0 Å². The quantitative estimate of drug-likeness (QED) is 0.476. The van der Waals surface area contributed by atoms with Crippen molar-refractivity contribution in [1.82, 2.24) is 24.3 Å². The van der Waals surface area contributed by atoms with Crippen LogP contribution in [0, 0.1) is 25.7 Å². The fourth-order valence-electron chi connectivity index (χ4n) is 4.83. The van der Waals surface area contributed by atoms with E-state index in [4.69, 9.17) is 15.7 Å². The van der Waals surface area contributed by atoms with E-state index >= 15 is 0 Å². The summed E-state index contributed by atoms with van der Waals surface area (Å²) in [7, 11) is 0. The van der Waals surface area contributed by atoms with Gasteiger partial charge in [0.2, 0.25) is 5.95 Å². The minimum Gasteiger partial charge on any atom is -0.341 e. The van der Waals surface area contributed by atoms with Gasteiger partial charge in [-0.1, -0.05) is 30.2 Å². The second-order valence-corrected chi connectivity index (χ2v) is 8.95. The summed E-state index contributed by atoms with van der Waals surface area (Å²) in [6.07, 6.45) is 1.99. The molecule has 1 aromatic carbocycles. The normalized spacial score (nSPS) is 16.1. The molecule has 3 aromatic heterocycles. The maximum Gasteiger partial charge on any atom is 0.293 e. The van der Waals surface area contributed by atoms with Gasteiger partial charge < -0.3 is 10.6 Å². The van der Waals surface area contributed by atoms with Gasteiger partial charge in [0.15, 0.2) is 0 Å². The van der Waals surface area contributed by atoms with Crippen LogP contribution in [0.1, 0.15) is 36.8 Å². The van der Waals surface area contributed by atoms with Crippen LogP contribution in [-0.4, -0.2) is 43.4 Å². The molecule has 0 amide bonds. The lowest BCUT2D eigenvalue weighted by atomic mass is 10.1. The summed E-state index contributed by atoms with van der Waals surface area (Å²) in [6.45, 7) is 7.91. The number of anilines is 1. The van der Waals surface area contributed by atoms with E-state index in [1.54, 1.807) is 6.92 Å². The Morgan fingerprint density at radius 1 is 1.21 bits per heavy atom. The van der Waals surface area contributed by atoms with Crippen LogP contribution >= 0.6 is 0 Å². The monoisotopic (exact) mass is 455 g/mol. The van der Waals surface area contributed by atoms with E-state index in [1.807, 2.05) is 36.6 Å². The highest BCUT2D eigenvalue weighted by Gasteiger charge is 2.25. The van der Waals surface area contributed by atoms with Crippen LogP contribution in [0.25, 0.3) is 21.8 Å². The number of piperidine rings is 1. The molecular weight excluding hydrogens is 426 g/mol. The third-order valence-electron chi connectivity index (χ3n) is 6.40. The van der Waals surface area contributed by atoms with E-state index in [1.165, 1.54) is 4.68 Å². The summed E-state index contributed by atoms with van der Waals surface area (Å²) in [4.78, 5) is 25.6. The van der Waals surface area contributed by atoms with Crippen LogP contribution in [0.5, 0.6) is 0 Å². The Kier molecular flexibility index (Phi) is 5.80. The summed E-state index contributed by atoms with van der Waals surface area (Å²) < 4.78 is 3.44. The maximum atomic E-state index is 13.8. The first kappa shape index (κ1) is 22.1. The molecule has 0 unspecified atom stereocenters. The number of rotatable bonds is 4. The standard InChI is InChI=1S/C26H29N7O/c1-4-5-13-32-24-23(29-26(32)31-12-8-10-20(27)15-31)18(3)30-33(25(24)34)16-22-21-11-7-6-9-19(21)14-17(2)28-22/h6-7,9,11,14,20H,8,10,12-13,15-16,27H2,1-3H3/t20-/m1/s1. The van der Waals surface area contributed by atoms with Crippen molar-refractivity contribution in [1.29, 1.82) is 0 Å². The van der Waals surface area contributed by atoms with Gasteiger partial charge in [-0.3, -0.25) is 14.3 Å². The Bertz CT molecular complexity index is 1510. The fourth-order valence-corrected chi connectivity index (χ4v) is 4.83. The first-order chi connectivity index (χ1) is 16.5. The molecule has 0 aliphatic carbocycles. The first-order valence-electron chi connectivity index (χ1n) is 11.7. The van der Waals surface area contributed by atoms with Gasteiger partial charge in [0, 0.05) is 30.2 Å². The largest absolute Gasteiger partial charge is 0.341 e. The molecule has 8 heteroatoms. The summed E-state index contributed by atoms with van der Waals surface area (Å²) in [5, 5.41) is 6.76. The fraction of sp³-hybridized carbons (Fsp3) is 0.385. The Balaban J connectivity index is 1.67. The van der Waals surface area contributed by atoms with Gasteiger partial charge in [-0.15, -0.1) is 5.92 Å². The number of hydrogen-bond acceptors (Lipinski definition) is 6. The Hall–Kier alpha value is -3.70. The van der Waals surface area contributed by atoms with Gasteiger partial charge in [0.25, 0.3) is 5.56 Å². The van der Waals surface area contributed by atoms with Crippen molar-refractivity contribution in [3.05, 3.63) is 57.8 Å². The first-order valence-corrected chi connectivity index (χ1v) is 11.7. The maximum absolute atomic E-state index is 13.8. The number of benzene rings is 1. The Labute approximate surface area is 198 Å². The molecule has 34 heavy (non-hydrogen) atoms. The lowest BCUT2D eigenvalue weighted by Crippen LogP contribution is -2.44. The number of pyridine rings is 1. The van der Waals surface area contributed by atoms with Crippen LogP contribution < -0.4 is 16.2 Å². The zero-order valence-electron chi connectivity index (χ0n) is 19.9. The smallest absolute Gasteiger partial charge is 0.293 e. The van der Waals surface area contributed by atoms with Gasteiger partial charge >= 0.3 is 0 Å². The number of imidazole rings is 1. The van der Waals surface area contributed by atoms with Crippen molar-refractivity contribution < 1.29 is 0 Å². The molecule has 1 fully saturated rings. The molecule has 0 spiro atoms. The second kappa shape index (κ2) is 8.92. The molecule has 0 saturated carbocycles. The van der Waals surface area contributed by atoms with Crippen molar-refractivity contribution in [2.75, 3.05) is 18.0 Å². The van der Waals surface area contributed by atoms with Gasteiger partial charge in [0.1, 0.15) is 11.0 Å². The molecular formula is C26H29N7O. The summed E-state index contributed by atoms with van der Waals surface area (Å²) >= 11 is 0. The predicted molar refractivity (Wildman–Crippen MR) is 135 cm³/mol.